The van der Waals surface area contributed by atoms with Gasteiger partial charge < -0.3 is 9.55 Å². The topological polar surface area (TPSA) is 20.7 Å². The molecule has 0 radical (unpaired) electrons. The molecule has 0 bridgehead atoms. The molecule has 0 spiro atoms. The SMILES string of the molecule is CC(c1ccsc1)n1c(=S)[nH]c2ccc(F)c(F)c21. The van der Waals surface area contributed by atoms with Gasteiger partial charge in [0.15, 0.2) is 16.4 Å². The number of aromatic nitrogens is 2. The minimum atomic E-state index is -0.869. The molecule has 19 heavy (non-hydrogen) atoms. The Labute approximate surface area is 117 Å². The number of thiophene rings is 1. The van der Waals surface area contributed by atoms with Gasteiger partial charge >= 0.3 is 0 Å². The molecule has 0 aliphatic heterocycles. The molecule has 2 aromatic heterocycles. The second-order valence-electron chi connectivity index (χ2n) is 4.29. The van der Waals surface area contributed by atoms with Crippen LogP contribution in [0.5, 0.6) is 0 Å². The quantitative estimate of drug-likeness (QED) is 0.683. The third kappa shape index (κ3) is 1.91. The van der Waals surface area contributed by atoms with Gasteiger partial charge in [-0.15, -0.1) is 0 Å². The van der Waals surface area contributed by atoms with Crippen molar-refractivity contribution in [3.63, 3.8) is 0 Å². The van der Waals surface area contributed by atoms with Gasteiger partial charge in [-0.25, -0.2) is 8.78 Å². The average Bonchev–Trinajstić information content (AvgIpc) is 3.00. The molecule has 2 heterocycles. The molecule has 3 rings (SSSR count). The molecule has 98 valence electrons. The molecule has 6 heteroatoms. The van der Waals surface area contributed by atoms with Crippen LogP contribution in [0.1, 0.15) is 18.5 Å². The van der Waals surface area contributed by atoms with Crippen LogP contribution in [0, 0.1) is 16.4 Å². The van der Waals surface area contributed by atoms with E-state index in [1.165, 1.54) is 6.07 Å². The fourth-order valence-electron chi connectivity index (χ4n) is 2.18. The molecule has 0 aliphatic carbocycles. The first kappa shape index (κ1) is 12.5. The molecule has 1 aromatic carbocycles. The monoisotopic (exact) mass is 296 g/mol. The van der Waals surface area contributed by atoms with Crippen LogP contribution in [0.2, 0.25) is 0 Å². The van der Waals surface area contributed by atoms with Crippen molar-refractivity contribution in [1.29, 1.82) is 0 Å². The number of nitrogens with zero attached hydrogens (tertiary/aromatic N) is 1. The van der Waals surface area contributed by atoms with Gasteiger partial charge in [-0.2, -0.15) is 11.3 Å². The summed E-state index contributed by atoms with van der Waals surface area (Å²) >= 11 is 6.79. The van der Waals surface area contributed by atoms with E-state index in [1.54, 1.807) is 15.9 Å². The van der Waals surface area contributed by atoms with Crippen molar-refractivity contribution in [2.45, 2.75) is 13.0 Å². The number of halogens is 2. The number of H-pyrrole nitrogens is 1. The normalized spacial score (nSPS) is 13.0. The molecule has 3 aromatic rings. The zero-order valence-corrected chi connectivity index (χ0v) is 11.6. The number of nitrogens with one attached hydrogen (secondary N) is 1. The van der Waals surface area contributed by atoms with E-state index in [0.717, 1.165) is 11.6 Å². The van der Waals surface area contributed by atoms with E-state index >= 15 is 0 Å². The standard InChI is InChI=1S/C13H10F2N2S2/c1-7(8-4-5-19-6-8)17-12-10(16-13(17)18)3-2-9(14)11(12)15/h2-7H,1H3,(H,16,18). The first-order valence-corrected chi connectivity index (χ1v) is 7.05. The van der Waals surface area contributed by atoms with Crippen LogP contribution in [-0.4, -0.2) is 9.55 Å². The van der Waals surface area contributed by atoms with Crippen LogP contribution >= 0.6 is 23.6 Å². The summed E-state index contributed by atoms with van der Waals surface area (Å²) in [5.74, 6) is -1.74. The van der Waals surface area contributed by atoms with Crippen LogP contribution in [0.15, 0.2) is 29.0 Å². The largest absolute Gasteiger partial charge is 0.330 e. The lowest BCUT2D eigenvalue weighted by molar-refractivity contribution is 0.508. The Bertz CT molecular complexity index is 787. The second-order valence-corrected chi connectivity index (χ2v) is 5.46. The van der Waals surface area contributed by atoms with Gasteiger partial charge in [-0.3, -0.25) is 0 Å². The van der Waals surface area contributed by atoms with Crippen LogP contribution in [0.25, 0.3) is 11.0 Å². The molecule has 0 fully saturated rings. The van der Waals surface area contributed by atoms with Crippen molar-refractivity contribution in [2.24, 2.45) is 0 Å². The van der Waals surface area contributed by atoms with Crippen LogP contribution in [-0.2, 0) is 0 Å². The molecule has 0 aliphatic rings. The highest BCUT2D eigenvalue weighted by molar-refractivity contribution is 7.71. The first-order valence-electron chi connectivity index (χ1n) is 5.70. The lowest BCUT2D eigenvalue weighted by Gasteiger charge is -2.13. The highest BCUT2D eigenvalue weighted by Gasteiger charge is 2.18. The average molecular weight is 296 g/mol. The number of rotatable bonds is 2. The molecule has 0 saturated heterocycles. The zero-order valence-electron chi connectivity index (χ0n) is 9.98. The van der Waals surface area contributed by atoms with Crippen LogP contribution in [0.3, 0.4) is 0 Å². The van der Waals surface area contributed by atoms with Gasteiger partial charge in [0, 0.05) is 0 Å². The summed E-state index contributed by atoms with van der Waals surface area (Å²) in [6, 6.07) is 4.40. The van der Waals surface area contributed by atoms with E-state index < -0.39 is 11.6 Å². The fraction of sp³-hybridized carbons (Fsp3) is 0.154. The van der Waals surface area contributed by atoms with Gasteiger partial charge in [0.1, 0.15) is 5.52 Å². The maximum Gasteiger partial charge on any atom is 0.184 e. The summed E-state index contributed by atoms with van der Waals surface area (Å²) < 4.78 is 29.4. The van der Waals surface area contributed by atoms with Crippen molar-refractivity contribution >= 4 is 34.6 Å². The zero-order chi connectivity index (χ0) is 13.6. The van der Waals surface area contributed by atoms with Gasteiger partial charge in [0.2, 0.25) is 0 Å². The smallest absolute Gasteiger partial charge is 0.184 e. The Morgan fingerprint density at radius 1 is 1.32 bits per heavy atom. The van der Waals surface area contributed by atoms with E-state index in [-0.39, 0.29) is 11.6 Å². The summed E-state index contributed by atoms with van der Waals surface area (Å²) in [7, 11) is 0. The lowest BCUT2D eigenvalue weighted by Crippen LogP contribution is -2.07. The number of imidazole rings is 1. The summed E-state index contributed by atoms with van der Waals surface area (Å²) in [4.78, 5) is 2.91. The number of hydrogen-bond donors (Lipinski definition) is 1. The Morgan fingerprint density at radius 2 is 2.11 bits per heavy atom. The molecule has 2 nitrogen and oxygen atoms in total. The summed E-state index contributed by atoms with van der Waals surface area (Å²) in [5, 5.41) is 3.92. The lowest BCUT2D eigenvalue weighted by atomic mass is 10.1. The van der Waals surface area contributed by atoms with Crippen LogP contribution in [0.4, 0.5) is 8.78 Å². The predicted molar refractivity (Wildman–Crippen MR) is 75.2 cm³/mol. The first-order chi connectivity index (χ1) is 9.09. The van der Waals surface area contributed by atoms with Gasteiger partial charge in [-0.1, -0.05) is 0 Å². The molecular weight excluding hydrogens is 286 g/mol. The van der Waals surface area contributed by atoms with E-state index in [2.05, 4.69) is 4.98 Å². The Balaban J connectivity index is 2.32. The molecule has 0 amide bonds. The van der Waals surface area contributed by atoms with Crippen molar-refractivity contribution in [3.8, 4) is 0 Å². The van der Waals surface area contributed by atoms with Crippen molar-refractivity contribution in [3.05, 3.63) is 50.9 Å². The fourth-order valence-corrected chi connectivity index (χ4v) is 3.29. The van der Waals surface area contributed by atoms with E-state index in [4.69, 9.17) is 12.2 Å². The van der Waals surface area contributed by atoms with Gasteiger partial charge in [0.05, 0.1) is 11.6 Å². The molecule has 1 N–H and O–H groups in total. The third-order valence-electron chi connectivity index (χ3n) is 3.18. The number of benzene rings is 1. The number of fused-ring (bicyclic) bond motifs is 1. The van der Waals surface area contributed by atoms with E-state index in [1.807, 2.05) is 23.8 Å². The summed E-state index contributed by atoms with van der Waals surface area (Å²) in [5.41, 5.74) is 1.71. The number of aromatic amines is 1. The molecular formula is C13H10F2N2S2. The highest BCUT2D eigenvalue weighted by atomic mass is 32.1. The predicted octanol–water partition coefficient (Wildman–Crippen LogP) is 4.65. The minimum absolute atomic E-state index is 0.149. The van der Waals surface area contributed by atoms with Gasteiger partial charge in [-0.05, 0) is 53.7 Å². The minimum Gasteiger partial charge on any atom is -0.330 e. The summed E-state index contributed by atoms with van der Waals surface area (Å²) in [6.07, 6.45) is 0. The molecule has 0 saturated carbocycles. The second kappa shape index (κ2) is 4.54. The summed E-state index contributed by atoms with van der Waals surface area (Å²) in [6.45, 7) is 1.91. The Morgan fingerprint density at radius 3 is 2.79 bits per heavy atom. The van der Waals surface area contributed by atoms with E-state index in [9.17, 15) is 8.78 Å². The molecule has 1 atom stereocenters. The van der Waals surface area contributed by atoms with Crippen LogP contribution < -0.4 is 0 Å². The number of hydrogen-bond acceptors (Lipinski definition) is 2. The molecule has 1 unspecified atom stereocenters. The van der Waals surface area contributed by atoms with Crippen molar-refractivity contribution < 1.29 is 8.78 Å². The van der Waals surface area contributed by atoms with Crippen molar-refractivity contribution in [2.75, 3.05) is 0 Å². The Kier molecular flexibility index (Phi) is 2.99. The third-order valence-corrected chi connectivity index (χ3v) is 4.18. The maximum absolute atomic E-state index is 14.0. The van der Waals surface area contributed by atoms with Crippen molar-refractivity contribution in [1.82, 2.24) is 9.55 Å². The van der Waals surface area contributed by atoms with E-state index in [0.29, 0.717) is 10.3 Å². The Hall–Kier alpha value is -1.53. The highest BCUT2D eigenvalue weighted by Crippen LogP contribution is 2.28. The maximum atomic E-state index is 14.0. The van der Waals surface area contributed by atoms with Gasteiger partial charge in [0.25, 0.3) is 0 Å².